The summed E-state index contributed by atoms with van der Waals surface area (Å²) in [6.45, 7) is 3.86. The van der Waals surface area contributed by atoms with Crippen LogP contribution in [0.15, 0.2) is 18.2 Å². The van der Waals surface area contributed by atoms with Crippen molar-refractivity contribution in [2.24, 2.45) is 0 Å². The van der Waals surface area contributed by atoms with Gasteiger partial charge in [0, 0.05) is 33.4 Å². The molecule has 0 radical (unpaired) electrons. The topological polar surface area (TPSA) is 48.0 Å². The largest absolute Gasteiger partial charge is 0.493 e. The molecule has 0 bridgehead atoms. The number of methoxy groups -OCH3 is 2. The van der Waals surface area contributed by atoms with E-state index in [1.807, 2.05) is 6.92 Å². The van der Waals surface area contributed by atoms with Gasteiger partial charge in [0.15, 0.2) is 11.5 Å². The molecule has 0 saturated heterocycles. The van der Waals surface area contributed by atoms with Crippen LogP contribution >= 0.6 is 11.6 Å². The lowest BCUT2D eigenvalue weighted by Gasteiger charge is -2.15. The maximum Gasteiger partial charge on any atom is 0.246 e. The third-order valence-electron chi connectivity index (χ3n) is 3.34. The van der Waals surface area contributed by atoms with Gasteiger partial charge in [-0.25, -0.2) is 0 Å². The number of hydrogen-bond acceptors (Lipinski definition) is 4. The molecular formula is C18H26ClNO4. The summed E-state index contributed by atoms with van der Waals surface area (Å²) >= 11 is 6.26. The molecule has 0 saturated carbocycles. The summed E-state index contributed by atoms with van der Waals surface area (Å²) in [5.41, 5.74) is 0.777. The second kappa shape index (κ2) is 10.9. The molecule has 0 aliphatic carbocycles. The predicted octanol–water partition coefficient (Wildman–Crippen LogP) is 3.65. The van der Waals surface area contributed by atoms with Gasteiger partial charge in [-0.2, -0.15) is 0 Å². The van der Waals surface area contributed by atoms with Gasteiger partial charge in [0.2, 0.25) is 5.91 Å². The van der Waals surface area contributed by atoms with E-state index in [4.69, 9.17) is 25.8 Å². The SMILES string of the molecule is CCCOc1c(Cl)cc(/C=C/C(=O)N(C)CCCOC)cc1OC. The molecule has 0 spiro atoms. The zero-order valence-corrected chi connectivity index (χ0v) is 15.6. The van der Waals surface area contributed by atoms with Crippen molar-refractivity contribution in [2.45, 2.75) is 19.8 Å². The molecule has 1 amide bonds. The van der Waals surface area contributed by atoms with Crippen LogP contribution in [0.1, 0.15) is 25.3 Å². The fraction of sp³-hybridized carbons (Fsp3) is 0.500. The van der Waals surface area contributed by atoms with Crippen molar-refractivity contribution in [3.8, 4) is 11.5 Å². The molecule has 0 unspecified atom stereocenters. The Bertz CT molecular complexity index is 560. The number of ether oxygens (including phenoxy) is 3. The lowest BCUT2D eigenvalue weighted by atomic mass is 10.2. The predicted molar refractivity (Wildman–Crippen MR) is 97.0 cm³/mol. The van der Waals surface area contributed by atoms with Crippen molar-refractivity contribution in [2.75, 3.05) is 41.0 Å². The number of carbonyl (C=O) groups is 1. The van der Waals surface area contributed by atoms with Gasteiger partial charge in [-0.15, -0.1) is 0 Å². The first kappa shape index (κ1) is 20.3. The Balaban J connectivity index is 2.79. The van der Waals surface area contributed by atoms with Crippen LogP contribution in [0.4, 0.5) is 0 Å². The van der Waals surface area contributed by atoms with Gasteiger partial charge >= 0.3 is 0 Å². The molecule has 134 valence electrons. The van der Waals surface area contributed by atoms with Crippen molar-refractivity contribution in [3.63, 3.8) is 0 Å². The van der Waals surface area contributed by atoms with Crippen LogP contribution in [0.25, 0.3) is 6.08 Å². The van der Waals surface area contributed by atoms with E-state index in [1.165, 1.54) is 6.08 Å². The van der Waals surface area contributed by atoms with Crippen LogP contribution < -0.4 is 9.47 Å². The van der Waals surface area contributed by atoms with Gasteiger partial charge in [-0.3, -0.25) is 4.79 Å². The monoisotopic (exact) mass is 355 g/mol. The first-order valence-electron chi connectivity index (χ1n) is 7.95. The normalized spacial score (nSPS) is 10.9. The standard InChI is InChI=1S/C18H26ClNO4/c1-5-10-24-18-15(19)12-14(13-16(18)23-4)7-8-17(21)20(2)9-6-11-22-3/h7-8,12-13H,5-6,9-11H2,1-4H3/b8-7+. The first-order valence-corrected chi connectivity index (χ1v) is 8.33. The molecule has 24 heavy (non-hydrogen) atoms. The number of benzene rings is 1. The van der Waals surface area contributed by atoms with Gasteiger partial charge in [0.1, 0.15) is 0 Å². The summed E-state index contributed by atoms with van der Waals surface area (Å²) < 4.78 is 15.9. The highest BCUT2D eigenvalue weighted by atomic mass is 35.5. The molecule has 0 aromatic heterocycles. The van der Waals surface area contributed by atoms with Gasteiger partial charge in [-0.1, -0.05) is 18.5 Å². The van der Waals surface area contributed by atoms with E-state index in [-0.39, 0.29) is 5.91 Å². The Morgan fingerprint density at radius 1 is 1.29 bits per heavy atom. The molecular weight excluding hydrogens is 330 g/mol. The molecule has 6 heteroatoms. The van der Waals surface area contributed by atoms with Crippen LogP contribution in [-0.4, -0.2) is 51.8 Å². The Morgan fingerprint density at radius 2 is 2.04 bits per heavy atom. The maximum atomic E-state index is 12.1. The highest BCUT2D eigenvalue weighted by Crippen LogP contribution is 2.36. The second-order valence-corrected chi connectivity index (χ2v) is 5.73. The molecule has 0 N–H and O–H groups in total. The number of nitrogens with zero attached hydrogens (tertiary/aromatic N) is 1. The summed E-state index contributed by atoms with van der Waals surface area (Å²) in [5.74, 6) is 1.00. The summed E-state index contributed by atoms with van der Waals surface area (Å²) in [6.07, 6.45) is 4.92. The van der Waals surface area contributed by atoms with E-state index in [0.717, 1.165) is 18.4 Å². The second-order valence-electron chi connectivity index (χ2n) is 5.32. The van der Waals surface area contributed by atoms with Crippen molar-refractivity contribution in [1.82, 2.24) is 4.90 Å². The minimum Gasteiger partial charge on any atom is -0.493 e. The van der Waals surface area contributed by atoms with E-state index >= 15 is 0 Å². The smallest absolute Gasteiger partial charge is 0.246 e. The molecule has 0 atom stereocenters. The average Bonchev–Trinajstić information content (AvgIpc) is 2.58. The Morgan fingerprint density at radius 3 is 2.67 bits per heavy atom. The quantitative estimate of drug-likeness (QED) is 0.475. The maximum absolute atomic E-state index is 12.1. The molecule has 0 aliphatic heterocycles. The van der Waals surface area contributed by atoms with Crippen LogP contribution in [0.3, 0.4) is 0 Å². The Kier molecular flexibility index (Phi) is 9.27. The lowest BCUT2D eigenvalue weighted by Crippen LogP contribution is -2.26. The molecule has 0 heterocycles. The number of carbonyl (C=O) groups excluding carboxylic acids is 1. The highest BCUT2D eigenvalue weighted by molar-refractivity contribution is 6.32. The van der Waals surface area contributed by atoms with E-state index in [9.17, 15) is 4.79 Å². The number of rotatable bonds is 10. The number of halogens is 1. The molecule has 1 aromatic rings. The Hall–Kier alpha value is -1.72. The van der Waals surface area contributed by atoms with Gasteiger partial charge < -0.3 is 19.1 Å². The fourth-order valence-corrected chi connectivity index (χ4v) is 2.30. The number of amides is 1. The lowest BCUT2D eigenvalue weighted by molar-refractivity contribution is -0.124. The Labute approximate surface area is 149 Å². The summed E-state index contributed by atoms with van der Waals surface area (Å²) in [4.78, 5) is 13.7. The van der Waals surface area contributed by atoms with Gasteiger partial charge in [-0.05, 0) is 36.6 Å². The van der Waals surface area contributed by atoms with E-state index < -0.39 is 0 Å². The van der Waals surface area contributed by atoms with Crippen molar-refractivity contribution in [3.05, 3.63) is 28.8 Å². The fourth-order valence-electron chi connectivity index (χ4n) is 2.03. The number of hydrogen-bond donors (Lipinski definition) is 0. The zero-order valence-electron chi connectivity index (χ0n) is 14.8. The zero-order chi connectivity index (χ0) is 17.9. The van der Waals surface area contributed by atoms with E-state index in [2.05, 4.69) is 0 Å². The molecule has 0 aliphatic rings. The average molecular weight is 356 g/mol. The van der Waals surface area contributed by atoms with Crippen LogP contribution in [0, 0.1) is 0 Å². The highest BCUT2D eigenvalue weighted by Gasteiger charge is 2.11. The first-order chi connectivity index (χ1) is 11.5. The van der Waals surface area contributed by atoms with E-state index in [0.29, 0.717) is 36.3 Å². The van der Waals surface area contributed by atoms with Crippen molar-refractivity contribution < 1.29 is 19.0 Å². The van der Waals surface area contributed by atoms with Crippen molar-refractivity contribution in [1.29, 1.82) is 0 Å². The number of likely N-dealkylation sites (N-methyl/N-ethyl adjacent to an activating group) is 1. The molecule has 0 fully saturated rings. The summed E-state index contributed by atoms with van der Waals surface area (Å²) in [6, 6.07) is 3.55. The minimum atomic E-state index is -0.0764. The van der Waals surface area contributed by atoms with Crippen LogP contribution in [0.5, 0.6) is 11.5 Å². The van der Waals surface area contributed by atoms with E-state index in [1.54, 1.807) is 44.4 Å². The van der Waals surface area contributed by atoms with Crippen LogP contribution in [-0.2, 0) is 9.53 Å². The third-order valence-corrected chi connectivity index (χ3v) is 3.62. The summed E-state index contributed by atoms with van der Waals surface area (Å²) in [5, 5.41) is 0.461. The minimum absolute atomic E-state index is 0.0764. The van der Waals surface area contributed by atoms with Crippen molar-refractivity contribution >= 4 is 23.6 Å². The third kappa shape index (κ3) is 6.42. The van der Waals surface area contributed by atoms with Gasteiger partial charge in [0.25, 0.3) is 0 Å². The summed E-state index contributed by atoms with van der Waals surface area (Å²) in [7, 11) is 4.97. The molecule has 1 rings (SSSR count). The van der Waals surface area contributed by atoms with Crippen LogP contribution in [0.2, 0.25) is 5.02 Å². The molecule has 1 aromatic carbocycles. The molecule has 5 nitrogen and oxygen atoms in total. The van der Waals surface area contributed by atoms with Gasteiger partial charge in [0.05, 0.1) is 18.7 Å².